The maximum absolute atomic E-state index is 11.6. The lowest BCUT2D eigenvalue weighted by Crippen LogP contribution is -2.43. The molecule has 20 heavy (non-hydrogen) atoms. The van der Waals surface area contributed by atoms with E-state index in [1.807, 2.05) is 25.1 Å². The zero-order valence-electron chi connectivity index (χ0n) is 12.2. The van der Waals surface area contributed by atoms with Gasteiger partial charge in [0.05, 0.1) is 17.2 Å². The fourth-order valence-corrected chi connectivity index (χ4v) is 2.89. The second-order valence-electron chi connectivity index (χ2n) is 5.92. The van der Waals surface area contributed by atoms with Gasteiger partial charge in [-0.25, -0.2) is 0 Å². The number of likely N-dealkylation sites (tertiary alicyclic amines) is 1. The summed E-state index contributed by atoms with van der Waals surface area (Å²) < 4.78 is 0. The molecule has 1 fully saturated rings. The van der Waals surface area contributed by atoms with Crippen LogP contribution in [0.2, 0.25) is 0 Å². The summed E-state index contributed by atoms with van der Waals surface area (Å²) in [6.45, 7) is 5.48. The van der Waals surface area contributed by atoms with Crippen LogP contribution in [0.25, 0.3) is 0 Å². The minimum Gasteiger partial charge on any atom is -0.369 e. The summed E-state index contributed by atoms with van der Waals surface area (Å²) in [6.07, 6.45) is 3.43. The summed E-state index contributed by atoms with van der Waals surface area (Å²) in [6, 6.07) is 5.92. The summed E-state index contributed by atoms with van der Waals surface area (Å²) in [7, 11) is 0. The Balaban J connectivity index is 2.24. The summed E-state index contributed by atoms with van der Waals surface area (Å²) in [5.74, 6) is -0.232. The van der Waals surface area contributed by atoms with Crippen LogP contribution < -0.4 is 11.5 Å². The van der Waals surface area contributed by atoms with Gasteiger partial charge in [0.25, 0.3) is 0 Å². The van der Waals surface area contributed by atoms with Crippen molar-refractivity contribution in [2.24, 2.45) is 16.9 Å². The van der Waals surface area contributed by atoms with Crippen LogP contribution in [0, 0.1) is 5.41 Å². The van der Waals surface area contributed by atoms with Gasteiger partial charge in [0, 0.05) is 18.8 Å². The Morgan fingerprint density at radius 1 is 1.55 bits per heavy atom. The fourth-order valence-electron chi connectivity index (χ4n) is 2.89. The molecule has 1 aliphatic rings. The Morgan fingerprint density at radius 2 is 2.30 bits per heavy atom. The van der Waals surface area contributed by atoms with Gasteiger partial charge >= 0.3 is 0 Å². The van der Waals surface area contributed by atoms with Gasteiger partial charge in [-0.15, -0.1) is 0 Å². The van der Waals surface area contributed by atoms with Crippen molar-refractivity contribution in [1.29, 1.82) is 0 Å². The van der Waals surface area contributed by atoms with Crippen LogP contribution in [0.15, 0.2) is 24.4 Å². The Bertz CT molecular complexity index is 464. The maximum atomic E-state index is 11.6. The highest BCUT2D eigenvalue weighted by molar-refractivity contribution is 5.81. The fraction of sp³-hybridized carbons (Fsp3) is 0.600. The van der Waals surface area contributed by atoms with Crippen molar-refractivity contribution in [1.82, 2.24) is 9.88 Å². The molecule has 110 valence electrons. The van der Waals surface area contributed by atoms with Gasteiger partial charge < -0.3 is 11.5 Å². The molecular weight excluding hydrogens is 252 g/mol. The second kappa shape index (κ2) is 5.89. The molecule has 0 radical (unpaired) electrons. The molecule has 5 heteroatoms. The van der Waals surface area contributed by atoms with Crippen molar-refractivity contribution < 1.29 is 4.79 Å². The van der Waals surface area contributed by atoms with Crippen LogP contribution in [0.4, 0.5) is 0 Å². The van der Waals surface area contributed by atoms with Gasteiger partial charge in [-0.05, 0) is 38.4 Å². The van der Waals surface area contributed by atoms with Crippen LogP contribution in [0.5, 0.6) is 0 Å². The first-order valence-electron chi connectivity index (χ1n) is 7.18. The zero-order valence-corrected chi connectivity index (χ0v) is 12.2. The van der Waals surface area contributed by atoms with Crippen LogP contribution in [0.1, 0.15) is 38.4 Å². The molecule has 1 aromatic rings. The van der Waals surface area contributed by atoms with E-state index in [0.29, 0.717) is 6.54 Å². The molecule has 0 aliphatic carbocycles. The minimum absolute atomic E-state index is 0.000117. The number of aromatic nitrogens is 1. The number of carbonyl (C=O) groups is 1. The lowest BCUT2D eigenvalue weighted by atomic mass is 9.89. The second-order valence-corrected chi connectivity index (χ2v) is 5.92. The average molecular weight is 276 g/mol. The van der Waals surface area contributed by atoms with E-state index in [0.717, 1.165) is 25.1 Å². The van der Waals surface area contributed by atoms with E-state index in [-0.39, 0.29) is 18.0 Å². The van der Waals surface area contributed by atoms with Gasteiger partial charge in [-0.3, -0.25) is 14.7 Å². The van der Waals surface area contributed by atoms with Gasteiger partial charge in [0.15, 0.2) is 0 Å². The zero-order chi connectivity index (χ0) is 14.8. The van der Waals surface area contributed by atoms with Crippen molar-refractivity contribution in [3.63, 3.8) is 0 Å². The highest BCUT2D eigenvalue weighted by atomic mass is 16.1. The van der Waals surface area contributed by atoms with Gasteiger partial charge in [0.1, 0.15) is 0 Å². The van der Waals surface area contributed by atoms with E-state index < -0.39 is 5.41 Å². The number of pyridine rings is 1. The normalized spacial score (nSPS) is 26.4. The Kier molecular flexibility index (Phi) is 4.40. The third kappa shape index (κ3) is 2.83. The third-order valence-electron chi connectivity index (χ3n) is 4.36. The topological polar surface area (TPSA) is 85.2 Å². The molecule has 0 spiro atoms. The van der Waals surface area contributed by atoms with E-state index >= 15 is 0 Å². The minimum atomic E-state index is -0.458. The SMILES string of the molecule is CCC(N)C(c1ccccn1)N1CCC(C)(C(N)=O)C1. The van der Waals surface area contributed by atoms with Crippen LogP contribution in [-0.4, -0.2) is 34.9 Å². The van der Waals surface area contributed by atoms with Crippen molar-refractivity contribution in [3.8, 4) is 0 Å². The monoisotopic (exact) mass is 276 g/mol. The highest BCUT2D eigenvalue weighted by Gasteiger charge is 2.42. The van der Waals surface area contributed by atoms with E-state index in [9.17, 15) is 4.79 Å². The summed E-state index contributed by atoms with van der Waals surface area (Å²) in [5, 5.41) is 0. The van der Waals surface area contributed by atoms with E-state index in [4.69, 9.17) is 11.5 Å². The first-order chi connectivity index (χ1) is 9.48. The molecule has 0 aromatic carbocycles. The number of primary amides is 1. The molecular formula is C15H24N4O. The molecule has 1 aromatic heterocycles. The smallest absolute Gasteiger partial charge is 0.224 e. The molecule has 3 atom stereocenters. The van der Waals surface area contributed by atoms with Crippen molar-refractivity contribution in [2.45, 2.75) is 38.8 Å². The molecule has 1 amide bonds. The molecule has 4 N–H and O–H groups in total. The molecule has 1 saturated heterocycles. The number of hydrogen-bond acceptors (Lipinski definition) is 4. The van der Waals surface area contributed by atoms with Gasteiger partial charge in [0.2, 0.25) is 5.91 Å². The van der Waals surface area contributed by atoms with Crippen LogP contribution >= 0.6 is 0 Å². The summed E-state index contributed by atoms with van der Waals surface area (Å²) in [4.78, 5) is 18.3. The average Bonchev–Trinajstić information content (AvgIpc) is 2.84. The lowest BCUT2D eigenvalue weighted by Gasteiger charge is -2.32. The van der Waals surface area contributed by atoms with Crippen LogP contribution in [-0.2, 0) is 4.79 Å². The standard InChI is InChI=1S/C15H24N4O/c1-3-11(16)13(12-6-4-5-8-18-12)19-9-7-15(2,10-19)14(17)20/h4-6,8,11,13H,3,7,9-10,16H2,1-2H3,(H2,17,20). The Labute approximate surface area is 120 Å². The summed E-state index contributed by atoms with van der Waals surface area (Å²) in [5.41, 5.74) is 12.3. The van der Waals surface area contributed by atoms with E-state index in [1.165, 1.54) is 0 Å². The van der Waals surface area contributed by atoms with Crippen molar-refractivity contribution >= 4 is 5.91 Å². The molecule has 5 nitrogen and oxygen atoms in total. The van der Waals surface area contributed by atoms with E-state index in [2.05, 4.69) is 16.8 Å². The molecule has 3 unspecified atom stereocenters. The first kappa shape index (κ1) is 14.9. The highest BCUT2D eigenvalue weighted by Crippen LogP contribution is 2.36. The van der Waals surface area contributed by atoms with Crippen molar-refractivity contribution in [2.75, 3.05) is 13.1 Å². The maximum Gasteiger partial charge on any atom is 0.224 e. The number of rotatable bonds is 5. The number of hydrogen-bond donors (Lipinski definition) is 2. The largest absolute Gasteiger partial charge is 0.369 e. The molecule has 2 rings (SSSR count). The quantitative estimate of drug-likeness (QED) is 0.842. The van der Waals surface area contributed by atoms with Crippen LogP contribution in [0.3, 0.4) is 0 Å². The molecule has 1 aliphatic heterocycles. The van der Waals surface area contributed by atoms with Crippen molar-refractivity contribution in [3.05, 3.63) is 30.1 Å². The molecule has 0 bridgehead atoms. The molecule has 2 heterocycles. The first-order valence-corrected chi connectivity index (χ1v) is 7.18. The predicted molar refractivity (Wildman–Crippen MR) is 78.7 cm³/mol. The van der Waals surface area contributed by atoms with Gasteiger partial charge in [-0.1, -0.05) is 13.0 Å². The Hall–Kier alpha value is -1.46. The van der Waals surface area contributed by atoms with E-state index in [1.54, 1.807) is 6.20 Å². The number of nitrogens with zero attached hydrogens (tertiary/aromatic N) is 2. The summed E-state index contributed by atoms with van der Waals surface area (Å²) >= 11 is 0. The number of nitrogens with two attached hydrogens (primary N) is 2. The van der Waals surface area contributed by atoms with Gasteiger partial charge in [-0.2, -0.15) is 0 Å². The predicted octanol–water partition coefficient (Wildman–Crippen LogP) is 1.06. The third-order valence-corrected chi connectivity index (χ3v) is 4.36. The number of amides is 1. The number of carbonyl (C=O) groups excluding carboxylic acids is 1. The Morgan fingerprint density at radius 3 is 2.80 bits per heavy atom. The lowest BCUT2D eigenvalue weighted by molar-refractivity contribution is -0.126. The molecule has 0 saturated carbocycles.